The lowest BCUT2D eigenvalue weighted by molar-refractivity contribution is 0.158. The number of nitrogens with one attached hydrogen (secondary N) is 2. The quantitative estimate of drug-likeness (QED) is 0.360. The van der Waals surface area contributed by atoms with E-state index >= 15 is 0 Å². The molecule has 1 aromatic rings. The Hall–Kier alpha value is -1.47. The van der Waals surface area contributed by atoms with Crippen LogP contribution in [0.2, 0.25) is 0 Å². The van der Waals surface area contributed by atoms with Gasteiger partial charge in [-0.15, -0.1) is 0 Å². The van der Waals surface area contributed by atoms with E-state index in [1.54, 1.807) is 0 Å². The summed E-state index contributed by atoms with van der Waals surface area (Å²) < 4.78 is 18.2. The second kappa shape index (κ2) is 6.10. The van der Waals surface area contributed by atoms with Gasteiger partial charge in [0.15, 0.2) is 11.6 Å². The highest BCUT2D eigenvalue weighted by atomic mass is 19.1. The molecule has 6 nitrogen and oxygen atoms in total. The summed E-state index contributed by atoms with van der Waals surface area (Å²) in [5.41, 5.74) is 2.24. The van der Waals surface area contributed by atoms with Gasteiger partial charge in [0.1, 0.15) is 0 Å². The third kappa shape index (κ3) is 3.64. The molecule has 0 spiro atoms. The molecule has 0 bridgehead atoms. The summed E-state index contributed by atoms with van der Waals surface area (Å²) in [6.07, 6.45) is 1.05. The Bertz CT molecular complexity index is 309. The summed E-state index contributed by atoms with van der Waals surface area (Å²) >= 11 is 0. The Kier molecular flexibility index (Phi) is 4.72. The van der Waals surface area contributed by atoms with Crippen molar-refractivity contribution in [2.24, 2.45) is 5.84 Å². The number of nitrogens with zero attached hydrogens (tertiary/aromatic N) is 2. The van der Waals surface area contributed by atoms with Crippen molar-refractivity contribution >= 4 is 11.8 Å². The number of ether oxygens (including phenoxy) is 1. The van der Waals surface area contributed by atoms with E-state index in [9.17, 15) is 4.39 Å². The number of halogens is 1. The predicted octanol–water partition coefficient (Wildman–Crippen LogP) is 0.350. The Morgan fingerprint density at radius 1 is 1.60 bits per heavy atom. The zero-order valence-corrected chi connectivity index (χ0v) is 8.46. The molecule has 0 aliphatic carbocycles. The lowest BCUT2D eigenvalue weighted by atomic mass is 10.5. The van der Waals surface area contributed by atoms with E-state index in [-0.39, 0.29) is 11.8 Å². The predicted molar refractivity (Wildman–Crippen MR) is 54.8 cm³/mol. The fraction of sp³-hybridized carbons (Fsp3) is 0.500. The molecule has 1 aromatic heterocycles. The zero-order chi connectivity index (χ0) is 11.1. The minimum absolute atomic E-state index is 0.109. The second-order valence-electron chi connectivity index (χ2n) is 2.66. The number of hydrogen-bond acceptors (Lipinski definition) is 6. The van der Waals surface area contributed by atoms with Crippen LogP contribution in [-0.2, 0) is 4.74 Å². The van der Waals surface area contributed by atoms with Gasteiger partial charge in [0, 0.05) is 13.2 Å². The zero-order valence-electron chi connectivity index (χ0n) is 8.46. The fourth-order valence-corrected chi connectivity index (χ4v) is 0.947. The van der Waals surface area contributed by atoms with Gasteiger partial charge in [0.25, 0.3) is 0 Å². The number of anilines is 2. The summed E-state index contributed by atoms with van der Waals surface area (Å²) in [5, 5.41) is 2.78. The van der Waals surface area contributed by atoms with Crippen molar-refractivity contribution in [3.05, 3.63) is 12.0 Å². The van der Waals surface area contributed by atoms with E-state index in [0.717, 1.165) is 6.20 Å². The van der Waals surface area contributed by atoms with Crippen molar-refractivity contribution in [1.82, 2.24) is 9.97 Å². The molecule has 0 unspecified atom stereocenters. The average Bonchev–Trinajstić information content (AvgIpc) is 2.26. The number of nitrogen functional groups attached to an aromatic ring is 1. The molecule has 0 aliphatic heterocycles. The van der Waals surface area contributed by atoms with Gasteiger partial charge in [-0.05, 0) is 6.92 Å². The monoisotopic (exact) mass is 215 g/mol. The van der Waals surface area contributed by atoms with Crippen LogP contribution in [0.3, 0.4) is 0 Å². The van der Waals surface area contributed by atoms with Gasteiger partial charge in [-0.25, -0.2) is 15.2 Å². The molecule has 7 heteroatoms. The first-order valence-corrected chi connectivity index (χ1v) is 4.58. The van der Waals surface area contributed by atoms with Gasteiger partial charge < -0.3 is 10.1 Å². The van der Waals surface area contributed by atoms with Crippen molar-refractivity contribution in [1.29, 1.82) is 0 Å². The molecule has 1 rings (SSSR count). The molecular weight excluding hydrogens is 201 g/mol. The maximum absolute atomic E-state index is 13.1. The normalized spacial score (nSPS) is 10.1. The van der Waals surface area contributed by atoms with Gasteiger partial charge >= 0.3 is 0 Å². The Labute approximate surface area is 87.0 Å². The van der Waals surface area contributed by atoms with Gasteiger partial charge in [0.05, 0.1) is 12.8 Å². The molecule has 0 aromatic carbocycles. The Morgan fingerprint density at radius 3 is 3.07 bits per heavy atom. The largest absolute Gasteiger partial charge is 0.380 e. The maximum atomic E-state index is 13.1. The van der Waals surface area contributed by atoms with E-state index in [1.807, 2.05) is 6.92 Å². The molecule has 0 amide bonds. The molecule has 0 atom stereocenters. The van der Waals surface area contributed by atoms with Gasteiger partial charge in [-0.1, -0.05) is 0 Å². The number of hydrazine groups is 1. The van der Waals surface area contributed by atoms with Crippen LogP contribution in [-0.4, -0.2) is 29.7 Å². The number of hydrogen-bond donors (Lipinski definition) is 3. The van der Waals surface area contributed by atoms with Crippen molar-refractivity contribution in [2.45, 2.75) is 6.92 Å². The van der Waals surface area contributed by atoms with Crippen LogP contribution in [0, 0.1) is 5.82 Å². The van der Waals surface area contributed by atoms with E-state index in [4.69, 9.17) is 10.6 Å². The summed E-state index contributed by atoms with van der Waals surface area (Å²) in [5.74, 6) is 4.84. The SMILES string of the molecule is CCOCCNc1nc(NN)ncc1F. The van der Waals surface area contributed by atoms with Crippen LogP contribution in [0.25, 0.3) is 0 Å². The highest BCUT2D eigenvalue weighted by Crippen LogP contribution is 2.10. The van der Waals surface area contributed by atoms with Crippen LogP contribution >= 0.6 is 0 Å². The fourth-order valence-electron chi connectivity index (χ4n) is 0.947. The molecule has 0 fully saturated rings. The number of nitrogens with two attached hydrogens (primary N) is 1. The van der Waals surface area contributed by atoms with Crippen LogP contribution in [0.4, 0.5) is 16.2 Å². The molecule has 0 radical (unpaired) electrons. The average molecular weight is 215 g/mol. The molecule has 0 saturated heterocycles. The third-order valence-corrected chi connectivity index (χ3v) is 1.62. The lowest BCUT2D eigenvalue weighted by Crippen LogP contribution is -2.15. The van der Waals surface area contributed by atoms with Crippen molar-refractivity contribution < 1.29 is 9.13 Å². The summed E-state index contributed by atoms with van der Waals surface area (Å²) in [6.45, 7) is 3.49. The Morgan fingerprint density at radius 2 is 2.40 bits per heavy atom. The van der Waals surface area contributed by atoms with Crippen LogP contribution < -0.4 is 16.6 Å². The Balaban J connectivity index is 2.51. The minimum atomic E-state index is -0.523. The molecule has 84 valence electrons. The first kappa shape index (κ1) is 11.6. The van der Waals surface area contributed by atoms with Crippen LogP contribution in [0.15, 0.2) is 6.20 Å². The smallest absolute Gasteiger partial charge is 0.239 e. The number of rotatable bonds is 6. The highest BCUT2D eigenvalue weighted by Gasteiger charge is 2.04. The van der Waals surface area contributed by atoms with E-state index in [1.165, 1.54) is 0 Å². The van der Waals surface area contributed by atoms with Gasteiger partial charge in [-0.3, -0.25) is 5.43 Å². The standard InChI is InChI=1S/C8H14FN5O/c1-2-15-4-3-11-7-6(9)5-12-8(13-7)14-10/h5H,2-4,10H2,1H3,(H2,11,12,13,14). The van der Waals surface area contributed by atoms with Crippen molar-refractivity contribution in [2.75, 3.05) is 30.5 Å². The van der Waals surface area contributed by atoms with Crippen LogP contribution in [0.1, 0.15) is 6.92 Å². The van der Waals surface area contributed by atoms with E-state index < -0.39 is 5.82 Å². The summed E-state index contributed by atoms with van der Waals surface area (Å²) in [4.78, 5) is 7.41. The first-order valence-electron chi connectivity index (χ1n) is 4.58. The van der Waals surface area contributed by atoms with Gasteiger partial charge in [-0.2, -0.15) is 4.98 Å². The molecule has 4 N–H and O–H groups in total. The topological polar surface area (TPSA) is 85.1 Å². The highest BCUT2D eigenvalue weighted by molar-refractivity contribution is 5.40. The second-order valence-corrected chi connectivity index (χ2v) is 2.66. The minimum Gasteiger partial charge on any atom is -0.380 e. The maximum Gasteiger partial charge on any atom is 0.239 e. The lowest BCUT2D eigenvalue weighted by Gasteiger charge is -2.07. The molecule has 1 heterocycles. The molecule has 0 saturated carbocycles. The van der Waals surface area contributed by atoms with Crippen LogP contribution in [0.5, 0.6) is 0 Å². The summed E-state index contributed by atoms with van der Waals surface area (Å²) in [6, 6.07) is 0. The first-order chi connectivity index (χ1) is 7.27. The van der Waals surface area contributed by atoms with E-state index in [2.05, 4.69) is 20.7 Å². The molecule has 15 heavy (non-hydrogen) atoms. The van der Waals surface area contributed by atoms with Crippen molar-refractivity contribution in [3.63, 3.8) is 0 Å². The molecule has 0 aliphatic rings. The van der Waals surface area contributed by atoms with Crippen molar-refractivity contribution in [3.8, 4) is 0 Å². The molecular formula is C8H14FN5O. The van der Waals surface area contributed by atoms with E-state index in [0.29, 0.717) is 19.8 Å². The third-order valence-electron chi connectivity index (χ3n) is 1.62. The van der Waals surface area contributed by atoms with Gasteiger partial charge in [0.2, 0.25) is 5.95 Å². The number of aromatic nitrogens is 2. The summed E-state index contributed by atoms with van der Waals surface area (Å²) in [7, 11) is 0.